The lowest BCUT2D eigenvalue weighted by Gasteiger charge is -2.43. The molecule has 4 N–H and O–H groups in total. The average molecular weight is 484 g/mol. The first-order chi connectivity index (χ1) is 16.2. The second-order valence-electron chi connectivity index (χ2n) is 8.68. The van der Waals surface area contributed by atoms with E-state index in [1.165, 1.54) is 12.1 Å². The number of benzene rings is 2. The van der Waals surface area contributed by atoms with E-state index in [0.29, 0.717) is 25.3 Å². The molecule has 0 bridgehead atoms. The summed E-state index contributed by atoms with van der Waals surface area (Å²) < 4.78 is 43.8. The minimum atomic E-state index is -4.34. The van der Waals surface area contributed by atoms with Crippen LogP contribution in [0.2, 0.25) is 0 Å². The molecule has 2 aromatic rings. The zero-order chi connectivity index (χ0) is 24.7. The van der Waals surface area contributed by atoms with Gasteiger partial charge in [0.2, 0.25) is 0 Å². The van der Waals surface area contributed by atoms with Crippen LogP contribution in [0.25, 0.3) is 11.1 Å². The van der Waals surface area contributed by atoms with Gasteiger partial charge in [0, 0.05) is 13.2 Å². The van der Waals surface area contributed by atoms with E-state index in [4.69, 9.17) is 4.74 Å². The number of alkyl halides is 3. The standard InChI is InChI=1S/C25H32F3NO5/c26-25(27,28)20-10-8-19(9-11-20)18-6-4-17(5-7-18)16-34-13-3-1-2-12-29-14-22(31)24(33)23(32)21(29)15-30/h4-11,21-24,30-33H,1-3,12-16H2/t21-,22-,23+,24?/m0/s1. The van der Waals surface area contributed by atoms with E-state index in [1.807, 2.05) is 24.3 Å². The molecular formula is C25H32F3NO5. The summed E-state index contributed by atoms with van der Waals surface area (Å²) in [6.07, 6.45) is -5.30. The highest BCUT2D eigenvalue weighted by Gasteiger charge is 2.40. The van der Waals surface area contributed by atoms with Crippen LogP contribution in [-0.2, 0) is 17.5 Å². The van der Waals surface area contributed by atoms with Crippen molar-refractivity contribution in [2.24, 2.45) is 0 Å². The largest absolute Gasteiger partial charge is 0.416 e. The van der Waals surface area contributed by atoms with Crippen molar-refractivity contribution in [2.75, 3.05) is 26.3 Å². The Bertz CT molecular complexity index is 876. The van der Waals surface area contributed by atoms with E-state index in [-0.39, 0.29) is 13.2 Å². The number of halogens is 3. The number of piperidine rings is 1. The Morgan fingerprint density at radius 3 is 2.06 bits per heavy atom. The summed E-state index contributed by atoms with van der Waals surface area (Å²) in [5, 5.41) is 39.1. The van der Waals surface area contributed by atoms with Gasteiger partial charge in [0.05, 0.1) is 30.9 Å². The number of hydrogen-bond donors (Lipinski definition) is 4. The van der Waals surface area contributed by atoms with Crippen LogP contribution in [0.5, 0.6) is 0 Å². The molecule has 9 heteroatoms. The van der Waals surface area contributed by atoms with Crippen molar-refractivity contribution in [3.05, 3.63) is 59.7 Å². The number of unbranched alkanes of at least 4 members (excludes halogenated alkanes) is 2. The normalized spacial score (nSPS) is 23.9. The molecule has 0 aromatic heterocycles. The molecule has 2 aromatic carbocycles. The molecular weight excluding hydrogens is 451 g/mol. The van der Waals surface area contributed by atoms with Crippen molar-refractivity contribution in [1.29, 1.82) is 0 Å². The molecule has 4 atom stereocenters. The van der Waals surface area contributed by atoms with Gasteiger partial charge >= 0.3 is 6.18 Å². The molecule has 0 saturated carbocycles. The molecule has 0 aliphatic carbocycles. The van der Waals surface area contributed by atoms with Gasteiger partial charge in [-0.3, -0.25) is 4.90 Å². The summed E-state index contributed by atoms with van der Waals surface area (Å²) in [7, 11) is 0. The Kier molecular flexibility index (Phi) is 9.47. The lowest BCUT2D eigenvalue weighted by atomic mass is 9.94. The van der Waals surface area contributed by atoms with Gasteiger partial charge in [0.25, 0.3) is 0 Å². The number of nitrogens with zero attached hydrogens (tertiary/aromatic N) is 1. The Labute approximate surface area is 197 Å². The number of hydrogen-bond acceptors (Lipinski definition) is 6. The van der Waals surface area contributed by atoms with Gasteiger partial charge in [0.15, 0.2) is 0 Å². The quantitative estimate of drug-likeness (QED) is 0.389. The van der Waals surface area contributed by atoms with Crippen LogP contribution in [0.4, 0.5) is 13.2 Å². The van der Waals surface area contributed by atoms with Crippen molar-refractivity contribution in [2.45, 2.75) is 56.4 Å². The smallest absolute Gasteiger partial charge is 0.395 e. The van der Waals surface area contributed by atoms with Crippen LogP contribution in [0, 0.1) is 0 Å². The Morgan fingerprint density at radius 1 is 0.853 bits per heavy atom. The first kappa shape index (κ1) is 26.6. The van der Waals surface area contributed by atoms with Gasteiger partial charge in [-0.05, 0) is 54.6 Å². The van der Waals surface area contributed by atoms with Crippen LogP contribution in [0.15, 0.2) is 48.5 Å². The van der Waals surface area contributed by atoms with Crippen molar-refractivity contribution >= 4 is 0 Å². The molecule has 1 heterocycles. The molecule has 1 unspecified atom stereocenters. The minimum absolute atomic E-state index is 0.211. The highest BCUT2D eigenvalue weighted by Crippen LogP contribution is 2.31. The maximum absolute atomic E-state index is 12.7. The van der Waals surface area contributed by atoms with Crippen molar-refractivity contribution in [3.63, 3.8) is 0 Å². The van der Waals surface area contributed by atoms with E-state index in [9.17, 15) is 33.6 Å². The number of likely N-dealkylation sites (tertiary alicyclic amines) is 1. The van der Waals surface area contributed by atoms with Gasteiger partial charge in [-0.2, -0.15) is 13.2 Å². The summed E-state index contributed by atoms with van der Waals surface area (Å²) in [5.74, 6) is 0. The molecule has 0 radical (unpaired) electrons. The van der Waals surface area contributed by atoms with Gasteiger partial charge < -0.3 is 25.2 Å². The molecule has 34 heavy (non-hydrogen) atoms. The SMILES string of the molecule is OC[C@H]1[C@@H](O)C(O)[C@@H](O)CN1CCCCCOCc1ccc(-c2ccc(C(F)(F)F)cc2)cc1. The molecule has 188 valence electrons. The van der Waals surface area contributed by atoms with Crippen LogP contribution >= 0.6 is 0 Å². The van der Waals surface area contributed by atoms with Gasteiger partial charge in [-0.1, -0.05) is 36.4 Å². The van der Waals surface area contributed by atoms with Gasteiger partial charge in [0.1, 0.15) is 12.2 Å². The molecule has 0 spiro atoms. The van der Waals surface area contributed by atoms with Crippen LogP contribution in [-0.4, -0.2) is 76.0 Å². The zero-order valence-electron chi connectivity index (χ0n) is 18.9. The van der Waals surface area contributed by atoms with E-state index in [2.05, 4.69) is 0 Å². The maximum Gasteiger partial charge on any atom is 0.416 e. The van der Waals surface area contributed by atoms with Crippen LogP contribution in [0.1, 0.15) is 30.4 Å². The third-order valence-electron chi connectivity index (χ3n) is 6.22. The fraction of sp³-hybridized carbons (Fsp3) is 0.520. The van der Waals surface area contributed by atoms with Crippen molar-refractivity contribution < 1.29 is 38.3 Å². The van der Waals surface area contributed by atoms with E-state index < -0.39 is 36.1 Å². The summed E-state index contributed by atoms with van der Waals surface area (Å²) in [6.45, 7) is 1.52. The van der Waals surface area contributed by atoms with Crippen LogP contribution < -0.4 is 0 Å². The summed E-state index contributed by atoms with van der Waals surface area (Å²) in [4.78, 5) is 1.81. The first-order valence-corrected chi connectivity index (χ1v) is 11.4. The fourth-order valence-corrected chi connectivity index (χ4v) is 4.17. The van der Waals surface area contributed by atoms with Gasteiger partial charge in [-0.15, -0.1) is 0 Å². The van der Waals surface area contributed by atoms with Gasteiger partial charge in [-0.25, -0.2) is 0 Å². The molecule has 0 amide bonds. The maximum atomic E-state index is 12.7. The second kappa shape index (κ2) is 12.1. The second-order valence-corrected chi connectivity index (χ2v) is 8.68. The van der Waals surface area contributed by atoms with Crippen molar-refractivity contribution in [1.82, 2.24) is 4.90 Å². The predicted molar refractivity (Wildman–Crippen MR) is 121 cm³/mol. The Hall–Kier alpha value is -2.01. The highest BCUT2D eigenvalue weighted by molar-refractivity contribution is 5.64. The first-order valence-electron chi connectivity index (χ1n) is 11.4. The number of ether oxygens (including phenoxy) is 1. The lowest BCUT2D eigenvalue weighted by molar-refractivity contribution is -0.145. The average Bonchev–Trinajstić information content (AvgIpc) is 2.82. The summed E-state index contributed by atoms with van der Waals surface area (Å²) in [6, 6.07) is 12.0. The van der Waals surface area contributed by atoms with Crippen molar-refractivity contribution in [3.8, 4) is 11.1 Å². The number of aliphatic hydroxyl groups is 4. The molecule has 1 aliphatic heterocycles. The lowest BCUT2D eigenvalue weighted by Crippen LogP contribution is -2.62. The van der Waals surface area contributed by atoms with Crippen LogP contribution in [0.3, 0.4) is 0 Å². The number of rotatable bonds is 10. The summed E-state index contributed by atoms with van der Waals surface area (Å²) in [5.41, 5.74) is 1.85. The Morgan fingerprint density at radius 2 is 1.47 bits per heavy atom. The molecule has 1 aliphatic rings. The topological polar surface area (TPSA) is 93.4 Å². The van der Waals surface area contributed by atoms with E-state index in [1.54, 1.807) is 4.90 Å². The van der Waals surface area contributed by atoms with E-state index in [0.717, 1.165) is 42.5 Å². The zero-order valence-corrected chi connectivity index (χ0v) is 18.9. The summed E-state index contributed by atoms with van der Waals surface area (Å²) >= 11 is 0. The Balaban J connectivity index is 1.35. The highest BCUT2D eigenvalue weighted by atomic mass is 19.4. The molecule has 1 saturated heterocycles. The fourth-order valence-electron chi connectivity index (χ4n) is 4.17. The number of β-amino-alcohol motifs (C(OH)–C–C–N with tert-alkyl or cyclic N) is 1. The molecule has 3 rings (SSSR count). The number of aliphatic hydroxyl groups excluding tert-OH is 4. The molecule has 6 nitrogen and oxygen atoms in total. The third-order valence-corrected chi connectivity index (χ3v) is 6.22. The molecule has 1 fully saturated rings. The predicted octanol–water partition coefficient (Wildman–Crippen LogP) is 2.82. The monoisotopic (exact) mass is 483 g/mol. The third kappa shape index (κ3) is 7.00. The van der Waals surface area contributed by atoms with E-state index >= 15 is 0 Å². The minimum Gasteiger partial charge on any atom is -0.395 e.